The molecular formula is C13H18N2O4S. The first kappa shape index (κ1) is 14.8. The molecule has 6 nitrogen and oxygen atoms in total. The van der Waals surface area contributed by atoms with Crippen molar-refractivity contribution in [2.24, 2.45) is 5.92 Å². The molecule has 110 valence electrons. The molecule has 1 aliphatic rings. The Kier molecular flexibility index (Phi) is 3.73. The lowest BCUT2D eigenvalue weighted by atomic mass is 10.1. The average Bonchev–Trinajstić information content (AvgIpc) is 2.66. The van der Waals surface area contributed by atoms with Gasteiger partial charge in [-0.3, -0.25) is 10.1 Å². The molecule has 0 saturated carbocycles. The van der Waals surface area contributed by atoms with Gasteiger partial charge >= 0.3 is 0 Å². The predicted octanol–water partition coefficient (Wildman–Crippen LogP) is 2.23. The number of nitro benzene ring substituents is 1. The van der Waals surface area contributed by atoms with Crippen LogP contribution in [0.5, 0.6) is 0 Å². The van der Waals surface area contributed by atoms with Crippen LogP contribution in [-0.4, -0.2) is 32.2 Å². The monoisotopic (exact) mass is 298 g/mol. The first-order chi connectivity index (χ1) is 9.20. The van der Waals surface area contributed by atoms with Gasteiger partial charge in [0.15, 0.2) is 9.84 Å². The summed E-state index contributed by atoms with van der Waals surface area (Å²) in [6.45, 7) is 4.88. The molecule has 1 aromatic rings. The zero-order chi connectivity index (χ0) is 15.1. The van der Waals surface area contributed by atoms with Crippen LogP contribution in [0.3, 0.4) is 0 Å². The molecule has 2 atom stereocenters. The summed E-state index contributed by atoms with van der Waals surface area (Å²) in [4.78, 5) is 12.7. The Labute approximate surface area is 118 Å². The number of nitro groups is 1. The number of benzene rings is 1. The number of hydrogen-bond acceptors (Lipinski definition) is 5. The SMILES string of the molecule is C[C@H]1C[C@@H](C)N(c2ccc(S(C)(=O)=O)cc2[N+](=O)[O-])C1. The number of rotatable bonds is 3. The van der Waals surface area contributed by atoms with Gasteiger partial charge in [-0.05, 0) is 31.4 Å². The van der Waals surface area contributed by atoms with Crippen LogP contribution >= 0.6 is 0 Å². The highest BCUT2D eigenvalue weighted by Gasteiger charge is 2.31. The van der Waals surface area contributed by atoms with Crippen LogP contribution in [0.1, 0.15) is 20.3 Å². The lowest BCUT2D eigenvalue weighted by Gasteiger charge is -2.23. The lowest BCUT2D eigenvalue weighted by molar-refractivity contribution is -0.384. The second-order valence-electron chi connectivity index (χ2n) is 5.52. The third kappa shape index (κ3) is 2.77. The Morgan fingerprint density at radius 3 is 2.45 bits per heavy atom. The molecule has 1 aromatic carbocycles. The van der Waals surface area contributed by atoms with E-state index in [0.717, 1.165) is 25.3 Å². The van der Waals surface area contributed by atoms with Gasteiger partial charge in [0.25, 0.3) is 5.69 Å². The normalized spacial score (nSPS) is 23.1. The Balaban J connectivity index is 2.52. The van der Waals surface area contributed by atoms with Crippen molar-refractivity contribution in [2.45, 2.75) is 31.2 Å². The van der Waals surface area contributed by atoms with Crippen molar-refractivity contribution in [1.82, 2.24) is 0 Å². The van der Waals surface area contributed by atoms with Gasteiger partial charge in [-0.25, -0.2) is 8.42 Å². The van der Waals surface area contributed by atoms with Crippen LogP contribution in [0.4, 0.5) is 11.4 Å². The van der Waals surface area contributed by atoms with Gasteiger partial charge in [-0.2, -0.15) is 0 Å². The van der Waals surface area contributed by atoms with Crippen molar-refractivity contribution in [2.75, 3.05) is 17.7 Å². The molecule has 1 fully saturated rings. The fourth-order valence-electron chi connectivity index (χ4n) is 2.76. The largest absolute Gasteiger partial charge is 0.363 e. The fourth-order valence-corrected chi connectivity index (χ4v) is 3.40. The molecule has 20 heavy (non-hydrogen) atoms. The number of hydrogen-bond donors (Lipinski definition) is 0. The first-order valence-electron chi connectivity index (χ1n) is 6.45. The molecule has 0 unspecified atom stereocenters. The molecule has 0 N–H and O–H groups in total. The van der Waals surface area contributed by atoms with Crippen LogP contribution in [0.25, 0.3) is 0 Å². The summed E-state index contributed by atoms with van der Waals surface area (Å²) < 4.78 is 23.0. The van der Waals surface area contributed by atoms with Crippen molar-refractivity contribution in [3.8, 4) is 0 Å². The second kappa shape index (κ2) is 5.05. The van der Waals surface area contributed by atoms with Gasteiger partial charge in [0.2, 0.25) is 0 Å². The van der Waals surface area contributed by atoms with Gasteiger partial charge in [0, 0.05) is 24.9 Å². The van der Waals surface area contributed by atoms with Gasteiger partial charge in [-0.1, -0.05) is 6.92 Å². The van der Waals surface area contributed by atoms with E-state index in [1.165, 1.54) is 6.07 Å². The average molecular weight is 298 g/mol. The second-order valence-corrected chi connectivity index (χ2v) is 7.54. The van der Waals surface area contributed by atoms with Crippen LogP contribution in [0.2, 0.25) is 0 Å². The van der Waals surface area contributed by atoms with Crippen molar-refractivity contribution in [3.63, 3.8) is 0 Å². The van der Waals surface area contributed by atoms with Crippen LogP contribution in [0.15, 0.2) is 23.1 Å². The molecule has 1 aliphatic heterocycles. The molecule has 0 bridgehead atoms. The number of nitrogens with zero attached hydrogens (tertiary/aromatic N) is 2. The summed E-state index contributed by atoms with van der Waals surface area (Å²) >= 11 is 0. The summed E-state index contributed by atoms with van der Waals surface area (Å²) in [6.07, 6.45) is 2.03. The summed E-state index contributed by atoms with van der Waals surface area (Å²) in [5.74, 6) is 0.471. The Bertz CT molecular complexity index is 642. The maximum atomic E-state index is 11.5. The van der Waals surface area contributed by atoms with Gasteiger partial charge < -0.3 is 4.90 Å². The van der Waals surface area contributed by atoms with Crippen molar-refractivity contribution < 1.29 is 13.3 Å². The lowest BCUT2D eigenvalue weighted by Crippen LogP contribution is -2.27. The summed E-state index contributed by atoms with van der Waals surface area (Å²) in [6, 6.07) is 4.35. The van der Waals surface area contributed by atoms with Crippen LogP contribution in [-0.2, 0) is 9.84 Å². The fraction of sp³-hybridized carbons (Fsp3) is 0.538. The molecule has 0 spiro atoms. The van der Waals surface area contributed by atoms with Crippen molar-refractivity contribution in [3.05, 3.63) is 28.3 Å². The molecule has 0 aliphatic carbocycles. The molecule has 0 aromatic heterocycles. The highest BCUT2D eigenvalue weighted by molar-refractivity contribution is 7.90. The van der Waals surface area contributed by atoms with E-state index < -0.39 is 14.8 Å². The highest BCUT2D eigenvalue weighted by atomic mass is 32.2. The first-order valence-corrected chi connectivity index (χ1v) is 8.34. The minimum Gasteiger partial charge on any atom is -0.363 e. The van der Waals surface area contributed by atoms with E-state index in [-0.39, 0.29) is 16.6 Å². The zero-order valence-corrected chi connectivity index (χ0v) is 12.6. The Hall–Kier alpha value is -1.63. The molecule has 1 heterocycles. The van der Waals surface area contributed by atoms with E-state index in [1.54, 1.807) is 6.07 Å². The summed E-state index contributed by atoms with van der Waals surface area (Å²) in [5.41, 5.74) is 0.355. The van der Waals surface area contributed by atoms with Gasteiger partial charge in [0.1, 0.15) is 5.69 Å². The van der Waals surface area contributed by atoms with E-state index >= 15 is 0 Å². The van der Waals surface area contributed by atoms with Gasteiger partial charge in [-0.15, -0.1) is 0 Å². The molecule has 1 saturated heterocycles. The van der Waals surface area contributed by atoms with E-state index in [2.05, 4.69) is 6.92 Å². The highest BCUT2D eigenvalue weighted by Crippen LogP contribution is 2.36. The van der Waals surface area contributed by atoms with E-state index in [9.17, 15) is 18.5 Å². The number of anilines is 1. The van der Waals surface area contributed by atoms with Crippen LogP contribution < -0.4 is 4.90 Å². The molecule has 0 amide bonds. The maximum Gasteiger partial charge on any atom is 0.293 e. The summed E-state index contributed by atoms with van der Waals surface area (Å²) in [5, 5.41) is 11.2. The van der Waals surface area contributed by atoms with Crippen LogP contribution in [0, 0.1) is 16.0 Å². The maximum absolute atomic E-state index is 11.5. The molecular weight excluding hydrogens is 280 g/mol. The third-order valence-electron chi connectivity index (χ3n) is 3.67. The van der Waals surface area contributed by atoms with Gasteiger partial charge in [0.05, 0.1) is 9.82 Å². The van der Waals surface area contributed by atoms with E-state index in [1.807, 2.05) is 11.8 Å². The number of sulfone groups is 1. The standard InChI is InChI=1S/C13H18N2O4S/c1-9-6-10(2)14(8-9)12-5-4-11(20(3,18)19)7-13(12)15(16)17/h4-5,7,9-10H,6,8H2,1-3H3/t9-,10+/m0/s1. The minimum atomic E-state index is -3.45. The molecule has 7 heteroatoms. The van der Waals surface area contributed by atoms with E-state index in [4.69, 9.17) is 0 Å². The van der Waals surface area contributed by atoms with Crippen molar-refractivity contribution >= 4 is 21.2 Å². The smallest absolute Gasteiger partial charge is 0.293 e. The zero-order valence-electron chi connectivity index (χ0n) is 11.7. The molecule has 0 radical (unpaired) electrons. The quantitative estimate of drug-likeness (QED) is 0.631. The minimum absolute atomic E-state index is 0.0205. The van der Waals surface area contributed by atoms with Crippen molar-refractivity contribution in [1.29, 1.82) is 0 Å². The van der Waals surface area contributed by atoms with E-state index in [0.29, 0.717) is 11.6 Å². The third-order valence-corrected chi connectivity index (χ3v) is 4.78. The topological polar surface area (TPSA) is 80.5 Å². The predicted molar refractivity (Wildman–Crippen MR) is 76.8 cm³/mol. The Morgan fingerprint density at radius 1 is 1.35 bits per heavy atom. The summed E-state index contributed by atoms with van der Waals surface area (Å²) in [7, 11) is -3.45. The molecule has 2 rings (SSSR count). The Morgan fingerprint density at radius 2 is 2.00 bits per heavy atom.